The second-order valence-electron chi connectivity index (χ2n) is 8.54. The van der Waals surface area contributed by atoms with Crippen molar-refractivity contribution >= 4 is 29.4 Å². The fraction of sp³-hybridized carbons (Fsp3) is 0.571. The van der Waals surface area contributed by atoms with Crippen molar-refractivity contribution in [2.75, 3.05) is 32.7 Å². The van der Waals surface area contributed by atoms with Crippen molar-refractivity contribution < 1.29 is 18.8 Å². The second-order valence-corrected chi connectivity index (χ2v) is 8.94. The van der Waals surface area contributed by atoms with Gasteiger partial charge < -0.3 is 5.32 Å². The molecule has 4 rings (SSSR count). The van der Waals surface area contributed by atoms with Crippen LogP contribution in [-0.2, 0) is 16.1 Å². The third-order valence-corrected chi connectivity index (χ3v) is 6.70. The maximum atomic E-state index is 13.2. The number of hydrazine groups is 1. The number of hydrogen-bond donors (Lipinski definition) is 2. The minimum absolute atomic E-state index is 0.106. The van der Waals surface area contributed by atoms with Crippen molar-refractivity contribution in [1.29, 1.82) is 0 Å². The molecule has 2 aliphatic heterocycles. The van der Waals surface area contributed by atoms with Gasteiger partial charge in [0.05, 0.1) is 6.54 Å². The van der Waals surface area contributed by atoms with Crippen LogP contribution in [0.3, 0.4) is 0 Å². The molecular weight excluding hydrogens is 425 g/mol. The summed E-state index contributed by atoms with van der Waals surface area (Å²) in [5.41, 5.74) is 2.50. The fourth-order valence-electron chi connectivity index (χ4n) is 4.58. The van der Waals surface area contributed by atoms with E-state index >= 15 is 0 Å². The zero-order valence-corrected chi connectivity index (χ0v) is 18.1. The standard InChI is InChI=1S/C21H27ClFN5O3/c22-17-12-16(23)5-4-15(17)13-26-8-10-27(11-9-26)14-18(29)25-28-19(30)21(24-20(28)31)6-2-1-3-7-21/h4-5,12H,1-3,6-11,13-14H2,(H,24,31)(H,25,29). The lowest BCUT2D eigenvalue weighted by atomic mass is 9.82. The minimum Gasteiger partial charge on any atom is -0.322 e. The first-order chi connectivity index (χ1) is 14.9. The van der Waals surface area contributed by atoms with E-state index in [1.54, 1.807) is 6.07 Å². The highest BCUT2D eigenvalue weighted by Gasteiger charge is 2.52. The summed E-state index contributed by atoms with van der Waals surface area (Å²) in [7, 11) is 0. The second kappa shape index (κ2) is 9.10. The Morgan fingerprint density at radius 2 is 1.77 bits per heavy atom. The average Bonchev–Trinajstić information content (AvgIpc) is 2.96. The Kier molecular flexibility index (Phi) is 6.45. The molecule has 8 nitrogen and oxygen atoms in total. The zero-order chi connectivity index (χ0) is 22.0. The van der Waals surface area contributed by atoms with Gasteiger partial charge in [0.15, 0.2) is 0 Å². The minimum atomic E-state index is -0.851. The van der Waals surface area contributed by atoms with Gasteiger partial charge in [0, 0.05) is 37.7 Å². The molecule has 0 unspecified atom stereocenters. The number of hydrogen-bond acceptors (Lipinski definition) is 5. The van der Waals surface area contributed by atoms with Crippen molar-refractivity contribution in [2.24, 2.45) is 0 Å². The number of urea groups is 1. The van der Waals surface area contributed by atoms with Crippen molar-refractivity contribution in [2.45, 2.75) is 44.2 Å². The van der Waals surface area contributed by atoms with Crippen LogP contribution in [-0.4, -0.2) is 70.9 Å². The van der Waals surface area contributed by atoms with Crippen molar-refractivity contribution in [3.05, 3.63) is 34.6 Å². The lowest BCUT2D eigenvalue weighted by molar-refractivity contribution is -0.140. The van der Waals surface area contributed by atoms with Gasteiger partial charge in [-0.25, -0.2) is 9.18 Å². The molecule has 1 spiro atoms. The number of halogens is 2. The Labute approximate surface area is 185 Å². The smallest absolute Gasteiger partial charge is 0.322 e. The normalized spacial score (nSPS) is 22.1. The van der Waals surface area contributed by atoms with Crippen molar-refractivity contribution in [3.8, 4) is 0 Å². The Bertz CT molecular complexity index is 869. The fourth-order valence-corrected chi connectivity index (χ4v) is 4.80. The first-order valence-corrected chi connectivity index (χ1v) is 11.1. The lowest BCUT2D eigenvalue weighted by Crippen LogP contribution is -2.54. The molecule has 2 saturated heterocycles. The number of carbonyl (C=O) groups is 3. The number of rotatable bonds is 5. The van der Waals surface area contributed by atoms with E-state index in [4.69, 9.17) is 11.6 Å². The molecule has 3 aliphatic rings. The molecule has 31 heavy (non-hydrogen) atoms. The first-order valence-electron chi connectivity index (χ1n) is 10.7. The van der Waals surface area contributed by atoms with E-state index in [1.807, 2.05) is 4.90 Å². The summed E-state index contributed by atoms with van der Waals surface area (Å²) in [4.78, 5) is 41.7. The summed E-state index contributed by atoms with van der Waals surface area (Å²) in [6.07, 6.45) is 4.06. The highest BCUT2D eigenvalue weighted by atomic mass is 35.5. The Morgan fingerprint density at radius 1 is 1.10 bits per heavy atom. The average molecular weight is 452 g/mol. The van der Waals surface area contributed by atoms with Crippen LogP contribution < -0.4 is 10.7 Å². The van der Waals surface area contributed by atoms with E-state index in [9.17, 15) is 18.8 Å². The third-order valence-electron chi connectivity index (χ3n) is 6.35. The summed E-state index contributed by atoms with van der Waals surface area (Å²) in [5.74, 6) is -1.10. The number of carbonyl (C=O) groups excluding carboxylic acids is 3. The molecule has 3 fully saturated rings. The first kappa shape index (κ1) is 22.0. The summed E-state index contributed by atoms with van der Waals surface area (Å²) in [6.45, 7) is 3.51. The Morgan fingerprint density at radius 3 is 2.45 bits per heavy atom. The molecule has 4 amide bonds. The van der Waals surface area contributed by atoms with Gasteiger partial charge in [0.1, 0.15) is 11.4 Å². The molecule has 0 aromatic heterocycles. The number of nitrogens with zero attached hydrogens (tertiary/aromatic N) is 3. The highest BCUT2D eigenvalue weighted by Crippen LogP contribution is 2.33. The predicted molar refractivity (Wildman–Crippen MR) is 112 cm³/mol. The molecule has 1 aliphatic carbocycles. The van der Waals surface area contributed by atoms with Crippen LogP contribution in [0.4, 0.5) is 9.18 Å². The van der Waals surface area contributed by atoms with Gasteiger partial charge in [0.2, 0.25) is 0 Å². The molecule has 0 radical (unpaired) electrons. The molecule has 0 bridgehead atoms. The lowest BCUT2D eigenvalue weighted by Gasteiger charge is -2.34. The van der Waals surface area contributed by atoms with Crippen LogP contribution in [0.25, 0.3) is 0 Å². The summed E-state index contributed by atoms with van der Waals surface area (Å²) >= 11 is 6.11. The van der Waals surface area contributed by atoms with Crippen LogP contribution in [0.5, 0.6) is 0 Å². The number of amides is 4. The summed E-state index contributed by atoms with van der Waals surface area (Å²) in [6, 6.07) is 3.84. The van der Waals surface area contributed by atoms with E-state index in [-0.39, 0.29) is 24.2 Å². The van der Waals surface area contributed by atoms with E-state index < -0.39 is 11.6 Å². The monoisotopic (exact) mass is 451 g/mol. The number of benzene rings is 1. The summed E-state index contributed by atoms with van der Waals surface area (Å²) in [5, 5.41) is 4.04. The maximum Gasteiger partial charge on any atom is 0.344 e. The molecule has 10 heteroatoms. The maximum absolute atomic E-state index is 13.2. The van der Waals surface area contributed by atoms with Crippen LogP contribution in [0, 0.1) is 5.82 Å². The van der Waals surface area contributed by atoms with Crippen LogP contribution in [0.15, 0.2) is 18.2 Å². The summed E-state index contributed by atoms with van der Waals surface area (Å²) < 4.78 is 13.2. The molecule has 1 aromatic rings. The third kappa shape index (κ3) is 4.83. The topological polar surface area (TPSA) is 85.0 Å². The van der Waals surface area contributed by atoms with Gasteiger partial charge in [-0.05, 0) is 30.5 Å². The van der Waals surface area contributed by atoms with E-state index in [0.717, 1.165) is 42.9 Å². The van der Waals surface area contributed by atoms with Gasteiger partial charge in [-0.15, -0.1) is 0 Å². The van der Waals surface area contributed by atoms with Gasteiger partial charge in [-0.3, -0.25) is 24.8 Å². The van der Waals surface area contributed by atoms with Crippen molar-refractivity contribution in [1.82, 2.24) is 25.6 Å². The molecule has 0 atom stereocenters. The largest absolute Gasteiger partial charge is 0.344 e. The molecule has 2 heterocycles. The van der Waals surface area contributed by atoms with Gasteiger partial charge >= 0.3 is 6.03 Å². The van der Waals surface area contributed by atoms with Gasteiger partial charge in [0.25, 0.3) is 11.8 Å². The number of imide groups is 1. The van der Waals surface area contributed by atoms with E-state index in [1.165, 1.54) is 12.1 Å². The van der Waals surface area contributed by atoms with Crippen LogP contribution in [0.2, 0.25) is 5.02 Å². The molecule has 168 valence electrons. The quantitative estimate of drug-likeness (QED) is 0.668. The Hall–Kier alpha value is -2.23. The Balaban J connectivity index is 1.25. The molecular formula is C21H27ClFN5O3. The van der Waals surface area contributed by atoms with Crippen LogP contribution in [0.1, 0.15) is 37.7 Å². The van der Waals surface area contributed by atoms with Gasteiger partial charge in [-0.2, -0.15) is 5.01 Å². The van der Waals surface area contributed by atoms with E-state index in [2.05, 4.69) is 15.6 Å². The predicted octanol–water partition coefficient (Wildman–Crippen LogP) is 1.88. The van der Waals surface area contributed by atoms with Crippen molar-refractivity contribution in [3.63, 3.8) is 0 Å². The highest BCUT2D eigenvalue weighted by molar-refractivity contribution is 6.31. The molecule has 1 saturated carbocycles. The van der Waals surface area contributed by atoms with Gasteiger partial charge in [-0.1, -0.05) is 36.9 Å². The molecule has 1 aromatic carbocycles. The van der Waals surface area contributed by atoms with Crippen LogP contribution >= 0.6 is 11.6 Å². The SMILES string of the molecule is O=C(CN1CCN(Cc2ccc(F)cc2Cl)CC1)NN1C(=O)NC2(CCCCC2)C1=O. The number of nitrogens with one attached hydrogen (secondary N) is 2. The zero-order valence-electron chi connectivity index (χ0n) is 17.3. The molecule has 2 N–H and O–H groups in total. The van der Waals surface area contributed by atoms with E-state index in [0.29, 0.717) is 37.5 Å². The number of piperazine rings is 1.